The first-order chi connectivity index (χ1) is 12.0. The molecule has 0 atom stereocenters. The fourth-order valence-corrected chi connectivity index (χ4v) is 2.27. The van der Waals surface area contributed by atoms with E-state index in [1.165, 1.54) is 36.9 Å². The summed E-state index contributed by atoms with van der Waals surface area (Å²) in [5.74, 6) is 0. The molecule has 25 heavy (non-hydrogen) atoms. The predicted molar refractivity (Wildman–Crippen MR) is 87.8 cm³/mol. The molecule has 0 aliphatic rings. The van der Waals surface area contributed by atoms with Gasteiger partial charge in [-0.25, -0.2) is 4.68 Å². The number of hydrogen-bond acceptors (Lipinski definition) is 7. The molecular weight excluding hydrogens is 328 g/mol. The molecule has 2 aromatic carbocycles. The topological polar surface area (TPSA) is 120 Å². The Morgan fingerprint density at radius 3 is 1.80 bits per heavy atom. The van der Waals surface area contributed by atoms with Crippen LogP contribution in [0, 0.1) is 20.2 Å². The second-order valence-electron chi connectivity index (χ2n) is 5.10. The molecule has 126 valence electrons. The van der Waals surface area contributed by atoms with Crippen molar-refractivity contribution in [3.63, 3.8) is 0 Å². The normalized spacial score (nSPS) is 10.4. The number of anilines is 1. The molecule has 0 saturated carbocycles. The zero-order valence-corrected chi connectivity index (χ0v) is 12.8. The van der Waals surface area contributed by atoms with Crippen LogP contribution >= 0.6 is 0 Å². The molecule has 1 heterocycles. The van der Waals surface area contributed by atoms with Crippen molar-refractivity contribution in [2.45, 2.75) is 6.54 Å². The fraction of sp³-hybridized carbons (Fsp3) is 0.0667. The highest BCUT2D eigenvalue weighted by Crippen LogP contribution is 2.22. The number of nitrogens with zero attached hydrogens (tertiary/aromatic N) is 6. The van der Waals surface area contributed by atoms with Gasteiger partial charge in [-0.15, -0.1) is 10.2 Å². The molecule has 3 aromatic rings. The number of hydrogen-bond donors (Lipinski definition) is 0. The van der Waals surface area contributed by atoms with Gasteiger partial charge in [-0.3, -0.25) is 25.2 Å². The van der Waals surface area contributed by atoms with Crippen LogP contribution in [-0.2, 0) is 6.54 Å². The number of nitro groups is 2. The third-order valence-corrected chi connectivity index (χ3v) is 3.52. The summed E-state index contributed by atoms with van der Waals surface area (Å²) < 4.78 is 1.63. The lowest BCUT2D eigenvalue weighted by atomic mass is 10.2. The van der Waals surface area contributed by atoms with E-state index < -0.39 is 9.85 Å². The molecule has 10 heteroatoms. The van der Waals surface area contributed by atoms with Gasteiger partial charge in [0, 0.05) is 24.3 Å². The Kier molecular flexibility index (Phi) is 4.33. The van der Waals surface area contributed by atoms with Gasteiger partial charge in [-0.05, 0) is 17.7 Å². The smallest absolute Gasteiger partial charge is 0.269 e. The lowest BCUT2D eigenvalue weighted by molar-refractivity contribution is -0.385. The molecule has 0 fully saturated rings. The molecule has 0 aliphatic carbocycles. The van der Waals surface area contributed by atoms with Gasteiger partial charge < -0.3 is 0 Å². The Labute approximate surface area is 141 Å². The molecule has 0 unspecified atom stereocenters. The number of aromatic nitrogens is 3. The second-order valence-corrected chi connectivity index (χ2v) is 5.10. The molecule has 0 radical (unpaired) electrons. The van der Waals surface area contributed by atoms with Crippen LogP contribution in [0.4, 0.5) is 17.1 Å². The molecule has 0 amide bonds. The van der Waals surface area contributed by atoms with Gasteiger partial charge in [-0.1, -0.05) is 12.1 Å². The van der Waals surface area contributed by atoms with Crippen LogP contribution in [0.15, 0.2) is 61.2 Å². The van der Waals surface area contributed by atoms with Gasteiger partial charge in [0.05, 0.1) is 22.1 Å². The highest BCUT2D eigenvalue weighted by atomic mass is 16.6. The van der Waals surface area contributed by atoms with Crippen LogP contribution in [-0.4, -0.2) is 24.7 Å². The third kappa shape index (κ3) is 3.58. The van der Waals surface area contributed by atoms with E-state index in [1.54, 1.807) is 34.0 Å². The Morgan fingerprint density at radius 2 is 1.32 bits per heavy atom. The zero-order valence-electron chi connectivity index (χ0n) is 12.8. The van der Waals surface area contributed by atoms with E-state index in [0.717, 1.165) is 5.56 Å². The summed E-state index contributed by atoms with van der Waals surface area (Å²) in [5.41, 5.74) is 1.50. The largest absolute Gasteiger partial charge is 0.274 e. The van der Waals surface area contributed by atoms with Gasteiger partial charge in [0.25, 0.3) is 11.4 Å². The highest BCUT2D eigenvalue weighted by molar-refractivity contribution is 5.51. The van der Waals surface area contributed by atoms with Crippen LogP contribution in [0.5, 0.6) is 0 Å². The van der Waals surface area contributed by atoms with E-state index in [2.05, 4.69) is 10.2 Å². The Bertz CT molecular complexity index is 877. The predicted octanol–water partition coefficient (Wildman–Crippen LogP) is 2.56. The standard InChI is InChI=1S/C15H12N6O4/c22-20(23)14-3-1-12(2-4-14)9-19(18-10-16-17-11-18)13-5-7-15(8-6-13)21(24)25/h1-8,10-11H,9H2. The zero-order chi connectivity index (χ0) is 17.8. The van der Waals surface area contributed by atoms with E-state index in [-0.39, 0.29) is 11.4 Å². The molecule has 0 N–H and O–H groups in total. The monoisotopic (exact) mass is 340 g/mol. The molecule has 1 aromatic heterocycles. The molecule has 0 spiro atoms. The first-order valence-electron chi connectivity index (χ1n) is 7.15. The molecule has 10 nitrogen and oxygen atoms in total. The summed E-state index contributed by atoms with van der Waals surface area (Å²) in [6.45, 7) is 0.369. The maximum absolute atomic E-state index is 10.8. The molecular formula is C15H12N6O4. The lowest BCUT2D eigenvalue weighted by Gasteiger charge is -2.24. The highest BCUT2D eigenvalue weighted by Gasteiger charge is 2.13. The van der Waals surface area contributed by atoms with Crippen LogP contribution in [0.2, 0.25) is 0 Å². The van der Waals surface area contributed by atoms with Crippen molar-refractivity contribution in [1.29, 1.82) is 0 Å². The maximum atomic E-state index is 10.8. The Morgan fingerprint density at radius 1 is 0.840 bits per heavy atom. The van der Waals surface area contributed by atoms with E-state index >= 15 is 0 Å². The number of rotatable bonds is 6. The summed E-state index contributed by atoms with van der Waals surface area (Å²) in [7, 11) is 0. The minimum atomic E-state index is -0.469. The maximum Gasteiger partial charge on any atom is 0.269 e. The summed E-state index contributed by atoms with van der Waals surface area (Å²) in [6, 6.07) is 12.2. The van der Waals surface area contributed by atoms with Gasteiger partial charge in [-0.2, -0.15) is 0 Å². The molecule has 0 bridgehead atoms. The average molecular weight is 340 g/mol. The van der Waals surface area contributed by atoms with E-state index in [4.69, 9.17) is 0 Å². The quantitative estimate of drug-likeness (QED) is 0.499. The van der Waals surface area contributed by atoms with Crippen molar-refractivity contribution in [1.82, 2.24) is 14.9 Å². The van der Waals surface area contributed by atoms with Crippen molar-refractivity contribution in [2.24, 2.45) is 0 Å². The van der Waals surface area contributed by atoms with E-state index in [1.807, 2.05) is 0 Å². The first kappa shape index (κ1) is 16.1. The van der Waals surface area contributed by atoms with Crippen molar-refractivity contribution in [3.05, 3.63) is 87.0 Å². The van der Waals surface area contributed by atoms with E-state index in [9.17, 15) is 20.2 Å². The summed E-state index contributed by atoms with van der Waals surface area (Å²) in [4.78, 5) is 20.6. The first-order valence-corrected chi connectivity index (χ1v) is 7.15. The van der Waals surface area contributed by atoms with Crippen LogP contribution in [0.3, 0.4) is 0 Å². The van der Waals surface area contributed by atoms with Crippen LogP contribution in [0.25, 0.3) is 0 Å². The second kappa shape index (κ2) is 6.74. The SMILES string of the molecule is O=[N+]([O-])c1ccc(CN(c2ccc([N+](=O)[O-])cc2)n2cnnc2)cc1. The summed E-state index contributed by atoms with van der Waals surface area (Å²) >= 11 is 0. The minimum absolute atomic E-state index is 0.00920. The van der Waals surface area contributed by atoms with Crippen molar-refractivity contribution in [3.8, 4) is 0 Å². The Balaban J connectivity index is 1.90. The fourth-order valence-electron chi connectivity index (χ4n) is 2.27. The molecule has 0 aliphatic heterocycles. The number of nitro benzene ring substituents is 2. The van der Waals surface area contributed by atoms with Crippen LogP contribution in [0.1, 0.15) is 5.56 Å². The average Bonchev–Trinajstić information content (AvgIpc) is 3.14. The third-order valence-electron chi connectivity index (χ3n) is 3.52. The summed E-state index contributed by atoms with van der Waals surface area (Å²) in [5, 5.41) is 30.9. The lowest BCUT2D eigenvalue weighted by Crippen LogP contribution is -2.27. The molecule has 3 rings (SSSR count). The summed E-state index contributed by atoms with van der Waals surface area (Å²) in [6.07, 6.45) is 2.99. The van der Waals surface area contributed by atoms with Gasteiger partial charge >= 0.3 is 0 Å². The molecule has 0 saturated heterocycles. The van der Waals surface area contributed by atoms with Crippen LogP contribution < -0.4 is 5.01 Å². The van der Waals surface area contributed by atoms with Crippen molar-refractivity contribution < 1.29 is 9.85 Å². The van der Waals surface area contributed by atoms with E-state index in [0.29, 0.717) is 12.2 Å². The van der Waals surface area contributed by atoms with Gasteiger partial charge in [0.1, 0.15) is 12.7 Å². The van der Waals surface area contributed by atoms with Crippen molar-refractivity contribution >= 4 is 17.1 Å². The van der Waals surface area contributed by atoms with Crippen molar-refractivity contribution in [2.75, 3.05) is 5.01 Å². The van der Waals surface area contributed by atoms with Gasteiger partial charge in [0.2, 0.25) is 0 Å². The van der Waals surface area contributed by atoms with Gasteiger partial charge in [0.15, 0.2) is 0 Å². The Hall–Kier alpha value is -3.82. The number of non-ortho nitro benzene ring substituents is 2. The number of benzene rings is 2. The minimum Gasteiger partial charge on any atom is -0.274 e.